The van der Waals surface area contributed by atoms with Crippen LogP contribution in [-0.4, -0.2) is 36.8 Å². The van der Waals surface area contributed by atoms with Gasteiger partial charge < -0.3 is 14.4 Å². The Hall–Kier alpha value is -3.68. The number of nitrogens with zero attached hydrogens (tertiary/aromatic N) is 2. The molecular weight excluding hydrogens is 400 g/mol. The SMILES string of the molecule is CCOc1ccccc1N1C[C@@H](C(=O)Oc2cccc(N3C(=O)CCC3=O)c2)CC1=O. The summed E-state index contributed by atoms with van der Waals surface area (Å²) in [5, 5.41) is 0. The molecule has 0 saturated carbocycles. The van der Waals surface area contributed by atoms with Gasteiger partial charge in [0.25, 0.3) is 0 Å². The minimum absolute atomic E-state index is 0.0298. The molecule has 2 aromatic rings. The Labute approximate surface area is 179 Å². The molecule has 0 spiro atoms. The number of ether oxygens (including phenoxy) is 2. The topological polar surface area (TPSA) is 93.2 Å². The number of rotatable bonds is 6. The van der Waals surface area contributed by atoms with Crippen molar-refractivity contribution in [2.45, 2.75) is 26.2 Å². The van der Waals surface area contributed by atoms with E-state index < -0.39 is 11.9 Å². The van der Waals surface area contributed by atoms with Gasteiger partial charge in [-0.2, -0.15) is 0 Å². The summed E-state index contributed by atoms with van der Waals surface area (Å²) in [5.41, 5.74) is 0.991. The molecule has 0 radical (unpaired) electrons. The lowest BCUT2D eigenvalue weighted by molar-refractivity contribution is -0.139. The van der Waals surface area contributed by atoms with E-state index in [1.165, 1.54) is 11.0 Å². The number of esters is 1. The van der Waals surface area contributed by atoms with Crippen molar-refractivity contribution in [3.63, 3.8) is 0 Å². The molecule has 2 heterocycles. The third-order valence-corrected chi connectivity index (χ3v) is 5.26. The fourth-order valence-corrected chi connectivity index (χ4v) is 3.81. The van der Waals surface area contributed by atoms with Gasteiger partial charge in [-0.25, -0.2) is 0 Å². The van der Waals surface area contributed by atoms with Crippen LogP contribution in [0.2, 0.25) is 0 Å². The van der Waals surface area contributed by atoms with E-state index in [1.807, 2.05) is 19.1 Å². The van der Waals surface area contributed by atoms with Gasteiger partial charge in [0, 0.05) is 31.9 Å². The molecule has 0 unspecified atom stereocenters. The lowest BCUT2D eigenvalue weighted by Gasteiger charge is -2.20. The molecular formula is C23H22N2O6. The molecule has 2 saturated heterocycles. The van der Waals surface area contributed by atoms with Crippen LogP contribution in [0.5, 0.6) is 11.5 Å². The summed E-state index contributed by atoms with van der Waals surface area (Å²) in [6.45, 7) is 2.51. The zero-order chi connectivity index (χ0) is 22.0. The van der Waals surface area contributed by atoms with Crippen LogP contribution in [0.4, 0.5) is 11.4 Å². The predicted molar refractivity (Wildman–Crippen MR) is 112 cm³/mol. The highest BCUT2D eigenvalue weighted by Crippen LogP contribution is 2.34. The van der Waals surface area contributed by atoms with Crippen molar-refractivity contribution in [1.29, 1.82) is 0 Å². The minimum atomic E-state index is -0.638. The van der Waals surface area contributed by atoms with E-state index >= 15 is 0 Å². The van der Waals surface area contributed by atoms with Gasteiger partial charge in [-0.3, -0.25) is 24.1 Å². The summed E-state index contributed by atoms with van der Waals surface area (Å²) in [4.78, 5) is 51.9. The standard InChI is InChI=1S/C23H22N2O6/c1-2-30-19-9-4-3-8-18(19)24-14-15(12-22(24)28)23(29)31-17-7-5-6-16(13-17)25-20(26)10-11-21(25)27/h3-9,13,15H,2,10-12,14H2,1H3/t15-/m0/s1. The number of benzene rings is 2. The molecule has 0 bridgehead atoms. The summed E-state index contributed by atoms with van der Waals surface area (Å²) in [7, 11) is 0. The molecule has 2 aromatic carbocycles. The number of hydrogen-bond donors (Lipinski definition) is 0. The molecule has 0 aliphatic carbocycles. The van der Waals surface area contributed by atoms with E-state index in [-0.39, 0.29) is 49.3 Å². The second-order valence-electron chi connectivity index (χ2n) is 7.35. The van der Waals surface area contributed by atoms with Gasteiger partial charge in [0.15, 0.2) is 0 Å². The molecule has 2 aliphatic rings. The highest BCUT2D eigenvalue weighted by Gasteiger charge is 2.37. The first-order valence-electron chi connectivity index (χ1n) is 10.2. The highest BCUT2D eigenvalue weighted by molar-refractivity contribution is 6.19. The summed E-state index contributed by atoms with van der Waals surface area (Å²) in [6, 6.07) is 13.5. The molecule has 160 valence electrons. The van der Waals surface area contributed by atoms with Gasteiger partial charge in [0.2, 0.25) is 17.7 Å². The Morgan fingerprint density at radius 2 is 1.74 bits per heavy atom. The van der Waals surface area contributed by atoms with Crippen molar-refractivity contribution in [2.75, 3.05) is 23.0 Å². The van der Waals surface area contributed by atoms with Crippen LogP contribution in [0, 0.1) is 5.92 Å². The molecule has 0 N–H and O–H groups in total. The normalized spacial score (nSPS) is 18.6. The van der Waals surface area contributed by atoms with Crippen molar-refractivity contribution in [2.24, 2.45) is 5.92 Å². The number of hydrogen-bond acceptors (Lipinski definition) is 6. The van der Waals surface area contributed by atoms with Crippen LogP contribution >= 0.6 is 0 Å². The quantitative estimate of drug-likeness (QED) is 0.404. The fraction of sp³-hybridized carbons (Fsp3) is 0.304. The van der Waals surface area contributed by atoms with Crippen LogP contribution in [0.15, 0.2) is 48.5 Å². The number of para-hydroxylation sites is 2. The second kappa shape index (κ2) is 8.59. The zero-order valence-electron chi connectivity index (χ0n) is 17.1. The van der Waals surface area contributed by atoms with E-state index in [1.54, 1.807) is 30.3 Å². The number of imide groups is 1. The van der Waals surface area contributed by atoms with Crippen LogP contribution in [0.1, 0.15) is 26.2 Å². The van der Waals surface area contributed by atoms with Crippen molar-refractivity contribution >= 4 is 35.1 Å². The number of anilines is 2. The zero-order valence-corrected chi connectivity index (χ0v) is 17.1. The Balaban J connectivity index is 1.47. The number of carbonyl (C=O) groups excluding carboxylic acids is 4. The minimum Gasteiger partial charge on any atom is -0.492 e. The first kappa shape index (κ1) is 20.6. The van der Waals surface area contributed by atoms with Gasteiger partial charge in [-0.05, 0) is 31.2 Å². The summed E-state index contributed by atoms with van der Waals surface area (Å²) in [6.07, 6.45) is 0.375. The lowest BCUT2D eigenvalue weighted by Crippen LogP contribution is -2.29. The van der Waals surface area contributed by atoms with Crippen molar-refractivity contribution in [3.8, 4) is 11.5 Å². The Kier molecular flexibility index (Phi) is 5.70. The Morgan fingerprint density at radius 1 is 1.00 bits per heavy atom. The van der Waals surface area contributed by atoms with Crippen molar-refractivity contribution < 1.29 is 28.7 Å². The van der Waals surface area contributed by atoms with E-state index in [0.717, 1.165) is 4.90 Å². The molecule has 31 heavy (non-hydrogen) atoms. The molecule has 8 nitrogen and oxygen atoms in total. The van der Waals surface area contributed by atoms with Gasteiger partial charge in [-0.1, -0.05) is 18.2 Å². The van der Waals surface area contributed by atoms with Crippen LogP contribution in [0.3, 0.4) is 0 Å². The van der Waals surface area contributed by atoms with E-state index in [4.69, 9.17) is 9.47 Å². The largest absolute Gasteiger partial charge is 0.492 e. The monoisotopic (exact) mass is 422 g/mol. The molecule has 2 aliphatic heterocycles. The number of amides is 3. The first-order valence-corrected chi connectivity index (χ1v) is 10.2. The Morgan fingerprint density at radius 3 is 2.48 bits per heavy atom. The summed E-state index contributed by atoms with van der Waals surface area (Å²) >= 11 is 0. The molecule has 1 atom stereocenters. The van der Waals surface area contributed by atoms with Crippen LogP contribution < -0.4 is 19.3 Å². The van der Waals surface area contributed by atoms with E-state index in [0.29, 0.717) is 23.7 Å². The van der Waals surface area contributed by atoms with Gasteiger partial charge in [0.1, 0.15) is 11.5 Å². The van der Waals surface area contributed by atoms with E-state index in [2.05, 4.69) is 0 Å². The fourth-order valence-electron chi connectivity index (χ4n) is 3.81. The van der Waals surface area contributed by atoms with Crippen molar-refractivity contribution in [3.05, 3.63) is 48.5 Å². The van der Waals surface area contributed by atoms with Gasteiger partial charge in [0.05, 0.1) is 23.9 Å². The maximum Gasteiger partial charge on any atom is 0.316 e. The summed E-state index contributed by atoms with van der Waals surface area (Å²) in [5.74, 6) is -1.12. The highest BCUT2D eigenvalue weighted by atomic mass is 16.5. The van der Waals surface area contributed by atoms with Crippen LogP contribution in [-0.2, 0) is 19.2 Å². The molecule has 2 fully saturated rings. The van der Waals surface area contributed by atoms with Gasteiger partial charge in [-0.15, -0.1) is 0 Å². The second-order valence-corrected chi connectivity index (χ2v) is 7.35. The average molecular weight is 422 g/mol. The maximum absolute atomic E-state index is 12.7. The third-order valence-electron chi connectivity index (χ3n) is 5.26. The van der Waals surface area contributed by atoms with Gasteiger partial charge >= 0.3 is 5.97 Å². The lowest BCUT2D eigenvalue weighted by atomic mass is 10.1. The smallest absolute Gasteiger partial charge is 0.316 e. The summed E-state index contributed by atoms with van der Waals surface area (Å²) < 4.78 is 11.1. The number of carbonyl (C=O) groups is 4. The molecule has 4 rings (SSSR count). The first-order chi connectivity index (χ1) is 15.0. The molecule has 3 amide bonds. The molecule has 8 heteroatoms. The predicted octanol–water partition coefficient (Wildman–Crippen LogP) is 2.70. The van der Waals surface area contributed by atoms with E-state index in [9.17, 15) is 19.2 Å². The third kappa shape index (κ3) is 4.14. The average Bonchev–Trinajstić information content (AvgIpc) is 3.31. The van der Waals surface area contributed by atoms with Crippen LogP contribution in [0.25, 0.3) is 0 Å². The maximum atomic E-state index is 12.7. The molecule has 0 aromatic heterocycles. The van der Waals surface area contributed by atoms with Crippen molar-refractivity contribution in [1.82, 2.24) is 0 Å². The Bertz CT molecular complexity index is 1030.